The summed E-state index contributed by atoms with van der Waals surface area (Å²) in [6.45, 7) is 0. The number of rotatable bonds is 5. The van der Waals surface area contributed by atoms with Gasteiger partial charge in [-0.1, -0.05) is 0 Å². The SMILES string of the molecule is COC(CC#N)C(CC#N)OC. The Labute approximate surface area is 72.3 Å². The molecule has 0 saturated heterocycles. The fourth-order valence-electron chi connectivity index (χ4n) is 0.913. The van der Waals surface area contributed by atoms with Crippen LogP contribution in [-0.4, -0.2) is 26.4 Å². The maximum atomic E-state index is 8.41. The molecule has 0 bridgehead atoms. The summed E-state index contributed by atoms with van der Waals surface area (Å²) < 4.78 is 10.00. The van der Waals surface area contributed by atoms with Gasteiger partial charge >= 0.3 is 0 Å². The topological polar surface area (TPSA) is 66.0 Å². The van der Waals surface area contributed by atoms with E-state index in [9.17, 15) is 0 Å². The molecule has 0 saturated carbocycles. The summed E-state index contributed by atoms with van der Waals surface area (Å²) in [5.41, 5.74) is 0. The van der Waals surface area contributed by atoms with Crippen molar-refractivity contribution < 1.29 is 9.47 Å². The molecule has 4 heteroatoms. The van der Waals surface area contributed by atoms with Crippen molar-refractivity contribution in [2.24, 2.45) is 0 Å². The van der Waals surface area contributed by atoms with Crippen LogP contribution < -0.4 is 0 Å². The Balaban J connectivity index is 4.06. The van der Waals surface area contributed by atoms with Crippen LogP contribution in [0, 0.1) is 22.7 Å². The van der Waals surface area contributed by atoms with Gasteiger partial charge in [-0.15, -0.1) is 0 Å². The van der Waals surface area contributed by atoms with Crippen LogP contribution in [0.15, 0.2) is 0 Å². The van der Waals surface area contributed by atoms with E-state index in [1.54, 1.807) is 0 Å². The van der Waals surface area contributed by atoms with Crippen LogP contribution in [-0.2, 0) is 9.47 Å². The van der Waals surface area contributed by atoms with Gasteiger partial charge in [0.15, 0.2) is 0 Å². The van der Waals surface area contributed by atoms with E-state index in [4.69, 9.17) is 20.0 Å². The molecule has 66 valence electrons. The van der Waals surface area contributed by atoms with Crippen LogP contribution in [0.1, 0.15) is 12.8 Å². The first-order chi connectivity index (χ1) is 5.79. The van der Waals surface area contributed by atoms with E-state index in [-0.39, 0.29) is 25.0 Å². The van der Waals surface area contributed by atoms with Crippen molar-refractivity contribution in [3.63, 3.8) is 0 Å². The van der Waals surface area contributed by atoms with Crippen molar-refractivity contribution in [1.82, 2.24) is 0 Å². The second-order valence-corrected chi connectivity index (χ2v) is 2.27. The standard InChI is InChI=1S/C8H12N2O2/c1-11-7(3-5-9)8(12-2)4-6-10/h7-8H,3-4H2,1-2H3. The molecule has 0 aromatic heterocycles. The fraction of sp³-hybridized carbons (Fsp3) is 0.750. The first kappa shape index (κ1) is 10.9. The highest BCUT2D eigenvalue weighted by Crippen LogP contribution is 2.09. The Morgan fingerprint density at radius 3 is 1.50 bits per heavy atom. The van der Waals surface area contributed by atoms with Gasteiger partial charge in [0.2, 0.25) is 0 Å². The van der Waals surface area contributed by atoms with Crippen LogP contribution in [0.25, 0.3) is 0 Å². The molecule has 0 heterocycles. The summed E-state index contributed by atoms with van der Waals surface area (Å²) in [5, 5.41) is 16.8. The molecule has 0 fully saturated rings. The number of hydrogen-bond acceptors (Lipinski definition) is 4. The number of hydrogen-bond donors (Lipinski definition) is 0. The smallest absolute Gasteiger partial charge is 0.0972 e. The predicted octanol–water partition coefficient (Wildman–Crippen LogP) is 0.844. The van der Waals surface area contributed by atoms with Crippen molar-refractivity contribution in [3.05, 3.63) is 0 Å². The zero-order chi connectivity index (χ0) is 9.40. The largest absolute Gasteiger partial charge is 0.378 e. The van der Waals surface area contributed by atoms with E-state index in [0.717, 1.165) is 0 Å². The molecular formula is C8H12N2O2. The van der Waals surface area contributed by atoms with E-state index >= 15 is 0 Å². The molecule has 0 aromatic carbocycles. The number of nitrogens with zero attached hydrogens (tertiary/aromatic N) is 2. The molecule has 0 rings (SSSR count). The van der Waals surface area contributed by atoms with Crippen LogP contribution in [0.5, 0.6) is 0 Å². The van der Waals surface area contributed by atoms with Gasteiger partial charge in [-0.05, 0) is 0 Å². The Hall–Kier alpha value is -1.10. The molecule has 0 spiro atoms. The normalized spacial score (nSPS) is 14.3. The molecule has 0 N–H and O–H groups in total. The minimum atomic E-state index is -0.306. The molecule has 2 atom stereocenters. The summed E-state index contributed by atoms with van der Waals surface area (Å²) in [4.78, 5) is 0. The molecule has 0 amide bonds. The van der Waals surface area contributed by atoms with Crippen molar-refractivity contribution in [2.75, 3.05) is 14.2 Å². The highest BCUT2D eigenvalue weighted by molar-refractivity contribution is 4.87. The first-order valence-electron chi connectivity index (χ1n) is 3.59. The minimum absolute atomic E-state index is 0.247. The van der Waals surface area contributed by atoms with Crippen LogP contribution >= 0.6 is 0 Å². The first-order valence-corrected chi connectivity index (χ1v) is 3.59. The maximum Gasteiger partial charge on any atom is 0.0972 e. The third kappa shape index (κ3) is 3.34. The second-order valence-electron chi connectivity index (χ2n) is 2.27. The highest BCUT2D eigenvalue weighted by Gasteiger charge is 2.19. The summed E-state index contributed by atoms with van der Waals surface area (Å²) in [6, 6.07) is 3.96. The van der Waals surface area contributed by atoms with E-state index in [2.05, 4.69) is 0 Å². The van der Waals surface area contributed by atoms with Gasteiger partial charge in [-0.25, -0.2) is 0 Å². The minimum Gasteiger partial charge on any atom is -0.378 e. The fourth-order valence-corrected chi connectivity index (χ4v) is 0.913. The van der Waals surface area contributed by atoms with Crippen LogP contribution in [0.4, 0.5) is 0 Å². The predicted molar refractivity (Wildman–Crippen MR) is 42.1 cm³/mol. The zero-order valence-corrected chi connectivity index (χ0v) is 7.28. The molecule has 0 aliphatic heterocycles. The summed E-state index contributed by atoms with van der Waals surface area (Å²) >= 11 is 0. The average molecular weight is 168 g/mol. The lowest BCUT2D eigenvalue weighted by atomic mass is 10.1. The lowest BCUT2D eigenvalue weighted by Gasteiger charge is -2.19. The van der Waals surface area contributed by atoms with Gasteiger partial charge in [-0.2, -0.15) is 10.5 Å². The molecule has 12 heavy (non-hydrogen) atoms. The lowest BCUT2D eigenvalue weighted by Crippen LogP contribution is -2.29. The van der Waals surface area contributed by atoms with Crippen molar-refractivity contribution in [1.29, 1.82) is 10.5 Å². The summed E-state index contributed by atoms with van der Waals surface area (Å²) in [7, 11) is 3.01. The summed E-state index contributed by atoms with van der Waals surface area (Å²) in [6.07, 6.45) is -0.118. The molecule has 2 unspecified atom stereocenters. The van der Waals surface area contributed by atoms with Crippen molar-refractivity contribution in [2.45, 2.75) is 25.0 Å². The average Bonchev–Trinajstić information content (AvgIpc) is 2.11. The van der Waals surface area contributed by atoms with Gasteiger partial charge < -0.3 is 9.47 Å². The number of ether oxygens (including phenoxy) is 2. The van der Waals surface area contributed by atoms with E-state index in [1.807, 2.05) is 12.1 Å². The van der Waals surface area contributed by atoms with Crippen molar-refractivity contribution in [3.8, 4) is 12.1 Å². The van der Waals surface area contributed by atoms with Gasteiger partial charge in [-0.3, -0.25) is 0 Å². The van der Waals surface area contributed by atoms with Gasteiger partial charge in [0.25, 0.3) is 0 Å². The van der Waals surface area contributed by atoms with Crippen LogP contribution in [0.2, 0.25) is 0 Å². The molecule has 4 nitrogen and oxygen atoms in total. The summed E-state index contributed by atoms with van der Waals surface area (Å²) in [5.74, 6) is 0. The molecule has 0 aromatic rings. The van der Waals surface area contributed by atoms with E-state index < -0.39 is 0 Å². The maximum absolute atomic E-state index is 8.41. The van der Waals surface area contributed by atoms with Crippen molar-refractivity contribution >= 4 is 0 Å². The number of nitriles is 2. The van der Waals surface area contributed by atoms with E-state index in [1.165, 1.54) is 14.2 Å². The third-order valence-electron chi connectivity index (χ3n) is 1.61. The third-order valence-corrected chi connectivity index (χ3v) is 1.61. The Bertz CT molecular complexity index is 170. The monoisotopic (exact) mass is 168 g/mol. The molecule has 0 aliphatic rings. The quantitative estimate of drug-likeness (QED) is 0.610. The second kappa shape index (κ2) is 6.60. The van der Waals surface area contributed by atoms with Crippen LogP contribution in [0.3, 0.4) is 0 Å². The Kier molecular flexibility index (Phi) is 6.00. The lowest BCUT2D eigenvalue weighted by molar-refractivity contribution is -0.0304. The van der Waals surface area contributed by atoms with Gasteiger partial charge in [0.05, 0.1) is 37.2 Å². The van der Waals surface area contributed by atoms with E-state index in [0.29, 0.717) is 0 Å². The molecular weight excluding hydrogens is 156 g/mol. The Morgan fingerprint density at radius 1 is 1.00 bits per heavy atom. The number of methoxy groups -OCH3 is 2. The zero-order valence-electron chi connectivity index (χ0n) is 7.28. The Morgan fingerprint density at radius 2 is 1.33 bits per heavy atom. The molecule has 0 radical (unpaired) electrons. The van der Waals surface area contributed by atoms with Gasteiger partial charge in [0, 0.05) is 14.2 Å². The van der Waals surface area contributed by atoms with Gasteiger partial charge in [0.1, 0.15) is 0 Å². The highest BCUT2D eigenvalue weighted by atomic mass is 16.5. The molecule has 0 aliphatic carbocycles.